The fourth-order valence-corrected chi connectivity index (χ4v) is 1.85. The van der Waals surface area contributed by atoms with E-state index >= 15 is 0 Å². The second-order valence-corrected chi connectivity index (χ2v) is 5.25. The van der Waals surface area contributed by atoms with Gasteiger partial charge >= 0.3 is 0 Å². The van der Waals surface area contributed by atoms with Crippen LogP contribution < -0.4 is 0 Å². The minimum atomic E-state index is 0.812. The Labute approximate surface area is 96.6 Å². The minimum Gasteiger partial charge on any atom is -0.293 e. The van der Waals surface area contributed by atoms with Crippen LogP contribution in [-0.4, -0.2) is 43.7 Å². The first kappa shape index (κ1) is 14.9. The van der Waals surface area contributed by atoms with Crippen LogP contribution >= 0.6 is 0 Å². The van der Waals surface area contributed by atoms with Gasteiger partial charge in [-0.1, -0.05) is 40.5 Å². The predicted molar refractivity (Wildman–Crippen MR) is 69.0 cm³/mol. The van der Waals surface area contributed by atoms with Gasteiger partial charge in [-0.25, -0.2) is 0 Å². The standard InChI is InChI=1S/C13H30N2/c1-7-12(3)9-14(5)11-15(6)10-13(4)8-2/h12-13H,7-11H2,1-6H3. The third-order valence-electron chi connectivity index (χ3n) is 3.12. The van der Waals surface area contributed by atoms with Crippen LogP contribution in [0.25, 0.3) is 0 Å². The Morgan fingerprint density at radius 3 is 1.40 bits per heavy atom. The van der Waals surface area contributed by atoms with Crippen LogP contribution in [0.2, 0.25) is 0 Å². The summed E-state index contributed by atoms with van der Waals surface area (Å²) in [4.78, 5) is 4.85. The average Bonchev–Trinajstić information content (AvgIpc) is 2.16. The van der Waals surface area contributed by atoms with Gasteiger partial charge in [-0.2, -0.15) is 0 Å². The van der Waals surface area contributed by atoms with E-state index in [4.69, 9.17) is 0 Å². The lowest BCUT2D eigenvalue weighted by molar-refractivity contribution is 0.150. The molecule has 0 aliphatic heterocycles. The molecule has 0 radical (unpaired) electrons. The van der Waals surface area contributed by atoms with Crippen LogP contribution in [0.1, 0.15) is 40.5 Å². The molecule has 0 aliphatic rings. The third kappa shape index (κ3) is 7.80. The van der Waals surface area contributed by atoms with E-state index in [2.05, 4.69) is 51.6 Å². The molecule has 15 heavy (non-hydrogen) atoms. The van der Waals surface area contributed by atoms with E-state index < -0.39 is 0 Å². The maximum absolute atomic E-state index is 2.43. The zero-order chi connectivity index (χ0) is 11.8. The quantitative estimate of drug-likeness (QED) is 0.573. The van der Waals surface area contributed by atoms with Crippen LogP contribution in [-0.2, 0) is 0 Å². The number of rotatable bonds is 8. The smallest absolute Gasteiger partial charge is 0.0500 e. The molecule has 0 aromatic rings. The van der Waals surface area contributed by atoms with E-state index in [0.29, 0.717) is 0 Å². The Hall–Kier alpha value is -0.0800. The normalized spacial score (nSPS) is 16.0. The summed E-state index contributed by atoms with van der Waals surface area (Å²) in [6, 6.07) is 0. The van der Waals surface area contributed by atoms with Crippen molar-refractivity contribution < 1.29 is 0 Å². The van der Waals surface area contributed by atoms with Crippen LogP contribution in [0.5, 0.6) is 0 Å². The number of hydrogen-bond donors (Lipinski definition) is 0. The molecule has 2 nitrogen and oxygen atoms in total. The van der Waals surface area contributed by atoms with Crippen LogP contribution in [0.4, 0.5) is 0 Å². The van der Waals surface area contributed by atoms with Crippen molar-refractivity contribution in [2.75, 3.05) is 33.9 Å². The Balaban J connectivity index is 3.70. The van der Waals surface area contributed by atoms with Gasteiger partial charge in [-0.3, -0.25) is 9.80 Å². The Kier molecular flexibility index (Phi) is 8.07. The molecular weight excluding hydrogens is 184 g/mol. The van der Waals surface area contributed by atoms with Crippen molar-refractivity contribution in [1.82, 2.24) is 9.80 Å². The highest BCUT2D eigenvalue weighted by Crippen LogP contribution is 2.05. The maximum Gasteiger partial charge on any atom is 0.0500 e. The lowest BCUT2D eigenvalue weighted by Gasteiger charge is -2.28. The van der Waals surface area contributed by atoms with Crippen molar-refractivity contribution >= 4 is 0 Å². The first-order chi connectivity index (χ1) is 6.99. The summed E-state index contributed by atoms with van der Waals surface area (Å²) in [5, 5.41) is 0. The van der Waals surface area contributed by atoms with E-state index in [0.717, 1.165) is 18.5 Å². The van der Waals surface area contributed by atoms with Crippen molar-refractivity contribution in [3.8, 4) is 0 Å². The second-order valence-electron chi connectivity index (χ2n) is 5.25. The molecule has 0 saturated carbocycles. The Morgan fingerprint density at radius 2 is 1.13 bits per heavy atom. The minimum absolute atomic E-state index is 0.812. The fourth-order valence-electron chi connectivity index (χ4n) is 1.85. The van der Waals surface area contributed by atoms with Gasteiger partial charge < -0.3 is 0 Å². The van der Waals surface area contributed by atoms with Crippen molar-refractivity contribution in [1.29, 1.82) is 0 Å². The predicted octanol–water partition coefficient (Wildman–Crippen LogP) is 2.90. The van der Waals surface area contributed by atoms with Gasteiger partial charge in [-0.05, 0) is 25.9 Å². The van der Waals surface area contributed by atoms with E-state index in [1.165, 1.54) is 25.9 Å². The molecule has 0 fully saturated rings. The summed E-state index contributed by atoms with van der Waals surface area (Å²) in [7, 11) is 4.44. The highest BCUT2D eigenvalue weighted by Gasteiger charge is 2.08. The van der Waals surface area contributed by atoms with Gasteiger partial charge in [0.15, 0.2) is 0 Å². The molecule has 0 N–H and O–H groups in total. The molecule has 0 heterocycles. The van der Waals surface area contributed by atoms with Gasteiger partial charge in [0.25, 0.3) is 0 Å². The van der Waals surface area contributed by atoms with Crippen molar-refractivity contribution in [3.05, 3.63) is 0 Å². The van der Waals surface area contributed by atoms with Crippen molar-refractivity contribution in [2.45, 2.75) is 40.5 Å². The molecule has 92 valence electrons. The van der Waals surface area contributed by atoms with Gasteiger partial charge in [-0.15, -0.1) is 0 Å². The molecule has 0 spiro atoms. The average molecular weight is 214 g/mol. The van der Waals surface area contributed by atoms with Gasteiger partial charge in [0.05, 0.1) is 6.67 Å². The summed E-state index contributed by atoms with van der Waals surface area (Å²) >= 11 is 0. The van der Waals surface area contributed by atoms with Crippen molar-refractivity contribution in [3.63, 3.8) is 0 Å². The molecule has 2 heteroatoms. The van der Waals surface area contributed by atoms with Crippen LogP contribution in [0.15, 0.2) is 0 Å². The SMILES string of the molecule is CCC(C)CN(C)CN(C)CC(C)CC. The van der Waals surface area contributed by atoms with Crippen LogP contribution in [0.3, 0.4) is 0 Å². The Bertz CT molecular complexity index is 131. The van der Waals surface area contributed by atoms with Crippen LogP contribution in [0, 0.1) is 11.8 Å². The second kappa shape index (κ2) is 8.12. The lowest BCUT2D eigenvalue weighted by Crippen LogP contribution is -2.37. The summed E-state index contributed by atoms with van der Waals surface area (Å²) in [6.07, 6.45) is 2.55. The van der Waals surface area contributed by atoms with Gasteiger partial charge in [0, 0.05) is 13.1 Å². The van der Waals surface area contributed by atoms with Gasteiger partial charge in [0.1, 0.15) is 0 Å². The van der Waals surface area contributed by atoms with Crippen molar-refractivity contribution in [2.24, 2.45) is 11.8 Å². The zero-order valence-electron chi connectivity index (χ0n) is 11.6. The summed E-state index contributed by atoms with van der Waals surface area (Å²) in [6.45, 7) is 12.7. The zero-order valence-corrected chi connectivity index (χ0v) is 11.6. The Morgan fingerprint density at radius 1 is 0.800 bits per heavy atom. The molecule has 0 rings (SSSR count). The summed E-state index contributed by atoms with van der Waals surface area (Å²) < 4.78 is 0. The molecule has 0 aromatic carbocycles. The van der Waals surface area contributed by atoms with E-state index in [-0.39, 0.29) is 0 Å². The maximum atomic E-state index is 2.43. The molecule has 0 aromatic heterocycles. The molecule has 0 bridgehead atoms. The monoisotopic (exact) mass is 214 g/mol. The molecule has 0 amide bonds. The lowest BCUT2D eigenvalue weighted by atomic mass is 10.1. The summed E-state index contributed by atoms with van der Waals surface area (Å²) in [5.74, 6) is 1.62. The van der Waals surface area contributed by atoms with Gasteiger partial charge in [0.2, 0.25) is 0 Å². The molecular formula is C13H30N2. The summed E-state index contributed by atoms with van der Waals surface area (Å²) in [5.41, 5.74) is 0. The highest BCUT2D eigenvalue weighted by molar-refractivity contribution is 4.60. The molecule has 2 unspecified atom stereocenters. The number of hydrogen-bond acceptors (Lipinski definition) is 2. The van der Waals surface area contributed by atoms with E-state index in [1.54, 1.807) is 0 Å². The third-order valence-corrected chi connectivity index (χ3v) is 3.12. The largest absolute Gasteiger partial charge is 0.293 e. The first-order valence-electron chi connectivity index (χ1n) is 6.36. The number of nitrogens with zero attached hydrogens (tertiary/aromatic N) is 2. The molecule has 0 saturated heterocycles. The topological polar surface area (TPSA) is 6.48 Å². The fraction of sp³-hybridized carbons (Fsp3) is 1.00. The first-order valence-corrected chi connectivity index (χ1v) is 6.36. The molecule has 2 atom stereocenters. The van der Waals surface area contributed by atoms with E-state index in [1.807, 2.05) is 0 Å². The highest BCUT2D eigenvalue weighted by atomic mass is 15.3. The van der Waals surface area contributed by atoms with E-state index in [9.17, 15) is 0 Å². The molecule has 0 aliphatic carbocycles.